The second-order valence-electron chi connectivity index (χ2n) is 5.41. The number of aromatic nitrogens is 3. The number of likely N-dealkylation sites (tertiary alicyclic amines) is 1. The lowest BCUT2D eigenvalue weighted by Gasteiger charge is -2.23. The van der Waals surface area contributed by atoms with Crippen molar-refractivity contribution in [3.8, 4) is 0 Å². The van der Waals surface area contributed by atoms with Crippen LogP contribution in [0.5, 0.6) is 0 Å². The van der Waals surface area contributed by atoms with E-state index in [4.69, 9.17) is 0 Å². The van der Waals surface area contributed by atoms with Gasteiger partial charge in [-0.15, -0.1) is 0 Å². The molecule has 0 bridgehead atoms. The molecule has 2 N–H and O–H groups in total. The summed E-state index contributed by atoms with van der Waals surface area (Å²) in [5, 5.41) is 17.9. The minimum absolute atomic E-state index is 0.638. The molecule has 1 aromatic carbocycles. The van der Waals surface area contributed by atoms with Crippen LogP contribution in [0.1, 0.15) is 30.6 Å². The van der Waals surface area contributed by atoms with Gasteiger partial charge >= 0.3 is 0 Å². The summed E-state index contributed by atoms with van der Waals surface area (Å²) >= 11 is 0. The number of benzene rings is 1. The molecular formula is C15H20N4O. The molecule has 1 aromatic heterocycles. The van der Waals surface area contributed by atoms with Crippen molar-refractivity contribution in [2.45, 2.75) is 31.9 Å². The topological polar surface area (TPSA) is 65.0 Å². The predicted molar refractivity (Wildman–Crippen MR) is 76.0 cm³/mol. The smallest absolute Gasteiger partial charge is 0.150 e. The number of hydrogen-bond acceptors (Lipinski definition) is 4. The van der Waals surface area contributed by atoms with Crippen LogP contribution in [0.4, 0.5) is 0 Å². The highest BCUT2D eigenvalue weighted by atomic mass is 16.3. The van der Waals surface area contributed by atoms with Crippen LogP contribution < -0.4 is 0 Å². The Labute approximate surface area is 118 Å². The molecule has 1 atom stereocenters. The highest BCUT2D eigenvalue weighted by Crippen LogP contribution is 2.32. The molecule has 0 amide bonds. The van der Waals surface area contributed by atoms with E-state index in [1.165, 1.54) is 0 Å². The van der Waals surface area contributed by atoms with E-state index in [0.717, 1.165) is 36.6 Å². The fourth-order valence-electron chi connectivity index (χ4n) is 2.77. The Morgan fingerprint density at radius 3 is 2.85 bits per heavy atom. The summed E-state index contributed by atoms with van der Waals surface area (Å²) in [4.78, 5) is 6.64. The molecule has 0 spiro atoms. The zero-order valence-corrected chi connectivity index (χ0v) is 11.7. The molecule has 0 unspecified atom stereocenters. The summed E-state index contributed by atoms with van der Waals surface area (Å²) in [5.41, 5.74) is 0.254. The van der Waals surface area contributed by atoms with Crippen molar-refractivity contribution in [2.24, 2.45) is 0 Å². The van der Waals surface area contributed by atoms with Crippen molar-refractivity contribution in [3.05, 3.63) is 47.5 Å². The van der Waals surface area contributed by atoms with Gasteiger partial charge in [0.25, 0.3) is 0 Å². The number of hydrogen-bond donors (Lipinski definition) is 2. The molecule has 2 aromatic rings. The van der Waals surface area contributed by atoms with E-state index < -0.39 is 5.60 Å². The first kappa shape index (κ1) is 13.3. The maximum Gasteiger partial charge on any atom is 0.150 e. The molecule has 0 aliphatic carbocycles. The van der Waals surface area contributed by atoms with E-state index in [0.29, 0.717) is 13.1 Å². The number of aliphatic hydroxyl groups is 1. The quantitative estimate of drug-likeness (QED) is 0.884. The summed E-state index contributed by atoms with van der Waals surface area (Å²) in [6.07, 6.45) is 1.59. The zero-order chi connectivity index (χ0) is 14.0. The van der Waals surface area contributed by atoms with Gasteiger partial charge in [0, 0.05) is 19.5 Å². The molecule has 0 saturated carbocycles. The zero-order valence-electron chi connectivity index (χ0n) is 11.7. The monoisotopic (exact) mass is 272 g/mol. The summed E-state index contributed by atoms with van der Waals surface area (Å²) in [7, 11) is 0. The highest BCUT2D eigenvalue weighted by molar-refractivity contribution is 5.24. The lowest BCUT2D eigenvalue weighted by molar-refractivity contribution is 0.0450. The van der Waals surface area contributed by atoms with Crippen LogP contribution in [0.2, 0.25) is 0 Å². The standard InChI is InChI=1S/C15H20N4O/c1-2-13-16-14(18-17-13)10-19-9-8-15(20,11-19)12-6-4-3-5-7-12/h3-7,20H,2,8-11H2,1H3,(H,16,17,18)/t15-/m0/s1. The van der Waals surface area contributed by atoms with Gasteiger partial charge < -0.3 is 5.11 Å². The molecule has 5 nitrogen and oxygen atoms in total. The van der Waals surface area contributed by atoms with Gasteiger partial charge in [-0.2, -0.15) is 5.10 Å². The Hall–Kier alpha value is -1.72. The van der Waals surface area contributed by atoms with Gasteiger partial charge in [-0.05, 0) is 12.0 Å². The third kappa shape index (κ3) is 2.59. The normalized spacial score (nSPS) is 23.3. The van der Waals surface area contributed by atoms with Crippen molar-refractivity contribution in [1.29, 1.82) is 0 Å². The number of nitrogens with one attached hydrogen (secondary N) is 1. The number of rotatable bonds is 4. The van der Waals surface area contributed by atoms with Crippen LogP contribution in [-0.4, -0.2) is 38.3 Å². The molecule has 0 radical (unpaired) electrons. The van der Waals surface area contributed by atoms with Crippen LogP contribution in [0.15, 0.2) is 30.3 Å². The van der Waals surface area contributed by atoms with Gasteiger partial charge in [-0.1, -0.05) is 37.3 Å². The summed E-state index contributed by atoms with van der Waals surface area (Å²) in [5.74, 6) is 1.72. The fourth-order valence-corrected chi connectivity index (χ4v) is 2.77. The largest absolute Gasteiger partial charge is 0.384 e. The van der Waals surface area contributed by atoms with Crippen molar-refractivity contribution in [2.75, 3.05) is 13.1 Å². The molecule has 5 heteroatoms. The first-order valence-corrected chi connectivity index (χ1v) is 7.10. The van der Waals surface area contributed by atoms with Crippen molar-refractivity contribution >= 4 is 0 Å². The minimum atomic E-state index is -0.741. The number of nitrogens with zero attached hydrogens (tertiary/aromatic N) is 3. The Kier molecular flexibility index (Phi) is 3.54. The maximum absolute atomic E-state index is 10.8. The Balaban J connectivity index is 1.67. The maximum atomic E-state index is 10.8. The second kappa shape index (κ2) is 5.34. The van der Waals surface area contributed by atoms with E-state index in [1.807, 2.05) is 37.3 Å². The van der Waals surface area contributed by atoms with Gasteiger partial charge in [0.2, 0.25) is 0 Å². The molecule has 1 aliphatic rings. The lowest BCUT2D eigenvalue weighted by Crippen LogP contribution is -2.30. The molecule has 1 saturated heterocycles. The van der Waals surface area contributed by atoms with E-state index in [2.05, 4.69) is 20.1 Å². The summed E-state index contributed by atoms with van der Waals surface area (Å²) in [6.45, 7) is 4.26. The van der Waals surface area contributed by atoms with Crippen molar-refractivity contribution in [3.63, 3.8) is 0 Å². The fraction of sp³-hybridized carbons (Fsp3) is 0.467. The van der Waals surface area contributed by atoms with Gasteiger partial charge in [-0.25, -0.2) is 4.98 Å². The third-order valence-corrected chi connectivity index (χ3v) is 3.91. The van der Waals surface area contributed by atoms with E-state index in [1.54, 1.807) is 0 Å². The average molecular weight is 272 g/mol. The highest BCUT2D eigenvalue weighted by Gasteiger charge is 2.37. The number of β-amino-alcohol motifs (C(OH)–C–C–N with tert-alkyl or cyclic N) is 1. The van der Waals surface area contributed by atoms with Gasteiger partial charge in [-0.3, -0.25) is 10.00 Å². The Morgan fingerprint density at radius 2 is 2.15 bits per heavy atom. The molecule has 20 heavy (non-hydrogen) atoms. The molecule has 1 fully saturated rings. The van der Waals surface area contributed by atoms with Crippen molar-refractivity contribution < 1.29 is 5.11 Å². The van der Waals surface area contributed by atoms with Gasteiger partial charge in [0.05, 0.1) is 6.54 Å². The number of aryl methyl sites for hydroxylation is 1. The Bertz CT molecular complexity index is 568. The molecule has 1 aliphatic heterocycles. The van der Waals surface area contributed by atoms with Crippen molar-refractivity contribution in [1.82, 2.24) is 20.1 Å². The van der Waals surface area contributed by atoms with Crippen LogP contribution in [-0.2, 0) is 18.6 Å². The van der Waals surface area contributed by atoms with Gasteiger partial charge in [0.1, 0.15) is 17.2 Å². The second-order valence-corrected chi connectivity index (χ2v) is 5.41. The molecular weight excluding hydrogens is 252 g/mol. The van der Waals surface area contributed by atoms with E-state index >= 15 is 0 Å². The SMILES string of the molecule is CCc1n[nH]c(CN2CC[C@@](O)(c3ccccc3)C2)n1. The summed E-state index contributed by atoms with van der Waals surface area (Å²) in [6, 6.07) is 9.90. The van der Waals surface area contributed by atoms with Gasteiger partial charge in [0.15, 0.2) is 0 Å². The lowest BCUT2D eigenvalue weighted by atomic mass is 9.93. The molecule has 3 rings (SSSR count). The number of H-pyrrole nitrogens is 1. The van der Waals surface area contributed by atoms with Crippen LogP contribution in [0.25, 0.3) is 0 Å². The molecule has 106 valence electrons. The van der Waals surface area contributed by atoms with Crippen LogP contribution in [0.3, 0.4) is 0 Å². The first-order valence-electron chi connectivity index (χ1n) is 7.10. The third-order valence-electron chi connectivity index (χ3n) is 3.91. The first-order chi connectivity index (χ1) is 9.69. The number of aromatic amines is 1. The summed E-state index contributed by atoms with van der Waals surface area (Å²) < 4.78 is 0. The average Bonchev–Trinajstić information content (AvgIpc) is 3.08. The minimum Gasteiger partial charge on any atom is -0.384 e. The van der Waals surface area contributed by atoms with Crippen LogP contribution in [0, 0.1) is 0 Å². The van der Waals surface area contributed by atoms with Crippen LogP contribution >= 0.6 is 0 Å². The van der Waals surface area contributed by atoms with E-state index in [-0.39, 0.29) is 0 Å². The van der Waals surface area contributed by atoms with E-state index in [9.17, 15) is 5.11 Å². The predicted octanol–water partition coefficient (Wildman–Crippen LogP) is 1.46. The molecule has 2 heterocycles. The Morgan fingerprint density at radius 1 is 1.35 bits per heavy atom.